The number of hydrogen-bond acceptors (Lipinski definition) is 5. The molecule has 0 bridgehead atoms. The first-order valence-electron chi connectivity index (χ1n) is 12.0. The van der Waals surface area contributed by atoms with Crippen LogP contribution >= 0.6 is 0 Å². The van der Waals surface area contributed by atoms with Gasteiger partial charge in [0.1, 0.15) is 23.9 Å². The molecule has 0 saturated heterocycles. The van der Waals surface area contributed by atoms with Crippen LogP contribution < -0.4 is 24.8 Å². The number of methoxy groups -OCH3 is 2. The van der Waals surface area contributed by atoms with Crippen molar-refractivity contribution in [3.8, 4) is 17.2 Å². The third kappa shape index (κ3) is 6.38. The molecule has 2 unspecified atom stereocenters. The molecule has 1 aliphatic rings. The van der Waals surface area contributed by atoms with Gasteiger partial charge in [-0.05, 0) is 48.0 Å². The Morgan fingerprint density at radius 1 is 0.865 bits per heavy atom. The molecule has 0 aliphatic heterocycles. The minimum Gasteiger partial charge on any atom is -0.497 e. The number of ether oxygens (including phenoxy) is 3. The van der Waals surface area contributed by atoms with E-state index in [1.807, 2.05) is 49.4 Å². The number of allylic oxidation sites excluding steroid dienone is 2. The van der Waals surface area contributed by atoms with E-state index in [1.165, 1.54) is 0 Å². The number of benzene rings is 3. The molecule has 37 heavy (non-hydrogen) atoms. The normalized spacial score (nSPS) is 16.4. The van der Waals surface area contributed by atoms with Gasteiger partial charge in [0.05, 0.1) is 25.8 Å². The van der Waals surface area contributed by atoms with E-state index in [4.69, 9.17) is 14.2 Å². The Morgan fingerprint density at radius 3 is 2.27 bits per heavy atom. The Hall–Kier alpha value is -4.52. The van der Waals surface area contributed by atoms with Crippen molar-refractivity contribution in [2.24, 2.45) is 5.92 Å². The predicted molar refractivity (Wildman–Crippen MR) is 142 cm³/mol. The maximum absolute atomic E-state index is 13.4. The molecule has 0 heterocycles. The van der Waals surface area contributed by atoms with Crippen molar-refractivity contribution in [3.05, 3.63) is 113 Å². The molecule has 0 aromatic heterocycles. The molecule has 3 aromatic rings. The second-order valence-corrected chi connectivity index (χ2v) is 8.64. The van der Waals surface area contributed by atoms with Crippen LogP contribution in [0.15, 0.2) is 96.7 Å². The van der Waals surface area contributed by atoms with Gasteiger partial charge in [0, 0.05) is 23.2 Å². The fourth-order valence-electron chi connectivity index (χ4n) is 4.00. The molecule has 190 valence electrons. The van der Waals surface area contributed by atoms with Crippen molar-refractivity contribution in [1.29, 1.82) is 0 Å². The Bertz CT molecular complexity index is 1300. The van der Waals surface area contributed by atoms with Crippen LogP contribution in [0.5, 0.6) is 17.2 Å². The summed E-state index contributed by atoms with van der Waals surface area (Å²) in [6.45, 7) is 2.29. The van der Waals surface area contributed by atoms with Gasteiger partial charge in [0.2, 0.25) is 0 Å². The highest BCUT2D eigenvalue weighted by Crippen LogP contribution is 2.27. The Kier molecular flexibility index (Phi) is 8.26. The summed E-state index contributed by atoms with van der Waals surface area (Å²) >= 11 is 0. The van der Waals surface area contributed by atoms with E-state index >= 15 is 0 Å². The number of carbonyl (C=O) groups excluding carboxylic acids is 2. The molecule has 7 heteroatoms. The summed E-state index contributed by atoms with van der Waals surface area (Å²) in [6.07, 6.45) is 5.65. The van der Waals surface area contributed by atoms with Crippen LogP contribution in [0.1, 0.15) is 33.2 Å². The van der Waals surface area contributed by atoms with Gasteiger partial charge in [-0.1, -0.05) is 49.4 Å². The highest BCUT2D eigenvalue weighted by molar-refractivity contribution is 5.99. The summed E-state index contributed by atoms with van der Waals surface area (Å²) in [5, 5.41) is 6.03. The van der Waals surface area contributed by atoms with Crippen LogP contribution in [0.2, 0.25) is 0 Å². The minimum absolute atomic E-state index is 0.0350. The number of amides is 2. The quantitative estimate of drug-likeness (QED) is 0.438. The molecule has 3 aromatic carbocycles. The Morgan fingerprint density at radius 2 is 1.57 bits per heavy atom. The van der Waals surface area contributed by atoms with Gasteiger partial charge in [0.25, 0.3) is 11.8 Å². The van der Waals surface area contributed by atoms with E-state index < -0.39 is 6.04 Å². The molecule has 1 aliphatic carbocycles. The van der Waals surface area contributed by atoms with Crippen LogP contribution in [0.4, 0.5) is 0 Å². The number of carbonyl (C=O) groups is 2. The van der Waals surface area contributed by atoms with E-state index in [0.29, 0.717) is 40.7 Å². The molecule has 0 saturated carbocycles. The van der Waals surface area contributed by atoms with E-state index in [0.717, 1.165) is 5.56 Å². The second-order valence-electron chi connectivity index (χ2n) is 8.64. The van der Waals surface area contributed by atoms with Crippen LogP contribution in [0, 0.1) is 5.92 Å². The molecule has 0 spiro atoms. The minimum atomic E-state index is -0.421. The smallest absolute Gasteiger partial charge is 0.259 e. The van der Waals surface area contributed by atoms with Crippen LogP contribution in [-0.2, 0) is 6.61 Å². The van der Waals surface area contributed by atoms with Gasteiger partial charge in [0.15, 0.2) is 0 Å². The highest BCUT2D eigenvalue weighted by atomic mass is 16.5. The first-order valence-corrected chi connectivity index (χ1v) is 12.0. The van der Waals surface area contributed by atoms with E-state index in [-0.39, 0.29) is 17.7 Å². The molecule has 2 amide bonds. The summed E-state index contributed by atoms with van der Waals surface area (Å²) in [7, 11) is 3.14. The maximum Gasteiger partial charge on any atom is 0.259 e. The van der Waals surface area contributed by atoms with Crippen molar-refractivity contribution in [3.63, 3.8) is 0 Å². The summed E-state index contributed by atoms with van der Waals surface area (Å²) in [5.74, 6) is 1.03. The zero-order chi connectivity index (χ0) is 26.2. The van der Waals surface area contributed by atoms with Gasteiger partial charge in [-0.3, -0.25) is 9.59 Å². The molecule has 4 rings (SSSR count). The van der Waals surface area contributed by atoms with Gasteiger partial charge >= 0.3 is 0 Å². The van der Waals surface area contributed by atoms with Crippen molar-refractivity contribution < 1.29 is 23.8 Å². The third-order valence-corrected chi connectivity index (χ3v) is 6.12. The predicted octanol–water partition coefficient (Wildman–Crippen LogP) is 4.90. The average Bonchev–Trinajstić information content (AvgIpc) is 2.94. The lowest BCUT2D eigenvalue weighted by Gasteiger charge is -2.28. The van der Waals surface area contributed by atoms with Crippen LogP contribution in [0.3, 0.4) is 0 Å². The zero-order valence-corrected chi connectivity index (χ0v) is 21.1. The van der Waals surface area contributed by atoms with Gasteiger partial charge < -0.3 is 24.8 Å². The molecular formula is C30H30N2O5. The SMILES string of the molecule is COc1ccc(C(=O)NC2C(NC(=O)c3ccc(OC)cc3OCc3ccccc3)=CC=CC2C)cc1. The monoisotopic (exact) mass is 498 g/mol. The number of nitrogens with one attached hydrogen (secondary N) is 2. The van der Waals surface area contributed by atoms with Crippen LogP contribution in [0.25, 0.3) is 0 Å². The largest absolute Gasteiger partial charge is 0.497 e. The molecule has 0 fully saturated rings. The van der Waals surface area contributed by atoms with Crippen molar-refractivity contribution in [2.75, 3.05) is 14.2 Å². The Labute approximate surface area is 216 Å². The second kappa shape index (κ2) is 11.9. The van der Waals surface area contributed by atoms with Crippen molar-refractivity contribution in [1.82, 2.24) is 10.6 Å². The summed E-state index contributed by atoms with van der Waals surface area (Å²) in [6, 6.07) is 21.2. The molecule has 2 N–H and O–H groups in total. The van der Waals surface area contributed by atoms with Gasteiger partial charge in [-0.2, -0.15) is 0 Å². The van der Waals surface area contributed by atoms with Gasteiger partial charge in [-0.25, -0.2) is 0 Å². The standard InChI is InChI=1S/C30H30N2O5/c1-20-8-7-11-26(28(20)32-29(33)22-12-14-23(35-2)15-13-22)31-30(34)25-17-16-24(36-3)18-27(25)37-19-21-9-5-4-6-10-21/h4-18,20,28H,19H2,1-3H3,(H,31,34)(H,32,33). The zero-order valence-electron chi connectivity index (χ0n) is 21.1. The van der Waals surface area contributed by atoms with E-state index in [9.17, 15) is 9.59 Å². The van der Waals surface area contributed by atoms with E-state index in [1.54, 1.807) is 62.8 Å². The molecule has 7 nitrogen and oxygen atoms in total. The first-order chi connectivity index (χ1) is 18.0. The maximum atomic E-state index is 13.4. The lowest BCUT2D eigenvalue weighted by Crippen LogP contribution is -2.46. The fraction of sp³-hybridized carbons (Fsp3) is 0.200. The number of hydrogen-bond donors (Lipinski definition) is 2. The first kappa shape index (κ1) is 25.6. The summed E-state index contributed by atoms with van der Waals surface area (Å²) in [5.41, 5.74) is 2.43. The highest BCUT2D eigenvalue weighted by Gasteiger charge is 2.27. The summed E-state index contributed by atoms with van der Waals surface area (Å²) < 4.78 is 16.5. The number of rotatable bonds is 9. The lowest BCUT2D eigenvalue weighted by molar-refractivity contribution is 0.0914. The van der Waals surface area contributed by atoms with Crippen molar-refractivity contribution in [2.45, 2.75) is 19.6 Å². The molecular weight excluding hydrogens is 468 g/mol. The van der Waals surface area contributed by atoms with Crippen LogP contribution in [-0.4, -0.2) is 32.1 Å². The van der Waals surface area contributed by atoms with Crippen molar-refractivity contribution >= 4 is 11.8 Å². The summed E-state index contributed by atoms with van der Waals surface area (Å²) in [4.78, 5) is 26.4. The average molecular weight is 499 g/mol. The molecule has 2 atom stereocenters. The fourth-order valence-corrected chi connectivity index (χ4v) is 4.00. The van der Waals surface area contributed by atoms with E-state index in [2.05, 4.69) is 10.6 Å². The molecule has 0 radical (unpaired) electrons. The topological polar surface area (TPSA) is 85.9 Å². The van der Waals surface area contributed by atoms with Gasteiger partial charge in [-0.15, -0.1) is 0 Å². The lowest BCUT2D eigenvalue weighted by atomic mass is 9.93. The third-order valence-electron chi connectivity index (χ3n) is 6.12. The Balaban J connectivity index is 1.51.